The predicted octanol–water partition coefficient (Wildman–Crippen LogP) is 3.51. The molecule has 2 nitrogen and oxygen atoms in total. The first-order valence-corrected chi connectivity index (χ1v) is 5.86. The van der Waals surface area contributed by atoms with Crippen LogP contribution in [-0.2, 0) is 0 Å². The van der Waals surface area contributed by atoms with Crippen LogP contribution in [0.1, 0.15) is 51.8 Å². The molecule has 0 aliphatic heterocycles. The summed E-state index contributed by atoms with van der Waals surface area (Å²) in [5.41, 5.74) is 0.514. The average Bonchev–Trinajstić information content (AvgIpc) is 2.74. The van der Waals surface area contributed by atoms with Gasteiger partial charge in [-0.1, -0.05) is 13.8 Å². The van der Waals surface area contributed by atoms with Gasteiger partial charge >= 0.3 is 0 Å². The summed E-state index contributed by atoms with van der Waals surface area (Å²) in [5.74, 6) is 1.04. The lowest BCUT2D eigenvalue weighted by molar-refractivity contribution is 0.343. The second-order valence-corrected chi connectivity index (χ2v) is 5.51. The summed E-state index contributed by atoms with van der Waals surface area (Å²) in [4.78, 5) is 0. The van der Waals surface area contributed by atoms with Crippen LogP contribution < -0.4 is 5.32 Å². The van der Waals surface area contributed by atoms with Crippen molar-refractivity contribution in [2.45, 2.75) is 52.1 Å². The van der Waals surface area contributed by atoms with Gasteiger partial charge in [-0.2, -0.15) is 0 Å². The molecule has 2 unspecified atom stereocenters. The van der Waals surface area contributed by atoms with E-state index in [0.717, 1.165) is 5.76 Å². The first-order chi connectivity index (χ1) is 7.07. The van der Waals surface area contributed by atoms with Gasteiger partial charge in [0.25, 0.3) is 0 Å². The Labute approximate surface area is 92.1 Å². The fraction of sp³-hybridized carbons (Fsp3) is 0.692. The van der Waals surface area contributed by atoms with Crippen LogP contribution in [0.2, 0.25) is 0 Å². The van der Waals surface area contributed by atoms with Crippen LogP contribution in [-0.4, -0.2) is 6.04 Å². The van der Waals surface area contributed by atoms with E-state index in [1.165, 1.54) is 19.3 Å². The van der Waals surface area contributed by atoms with Crippen molar-refractivity contribution in [3.8, 4) is 0 Å². The number of hydrogen-bond acceptors (Lipinski definition) is 2. The normalized spacial score (nSPS) is 26.7. The van der Waals surface area contributed by atoms with E-state index in [1.54, 1.807) is 6.26 Å². The number of nitrogens with one attached hydrogen (secondary N) is 1. The van der Waals surface area contributed by atoms with Crippen LogP contribution >= 0.6 is 0 Å². The molecule has 2 atom stereocenters. The monoisotopic (exact) mass is 207 g/mol. The van der Waals surface area contributed by atoms with Gasteiger partial charge in [-0.15, -0.1) is 0 Å². The van der Waals surface area contributed by atoms with Crippen molar-refractivity contribution < 1.29 is 4.42 Å². The molecule has 0 radical (unpaired) electrons. The van der Waals surface area contributed by atoms with Gasteiger partial charge in [0, 0.05) is 6.04 Å². The van der Waals surface area contributed by atoms with Crippen LogP contribution in [0, 0.1) is 5.41 Å². The molecule has 0 saturated heterocycles. The molecule has 1 aliphatic carbocycles. The first kappa shape index (κ1) is 10.7. The highest BCUT2D eigenvalue weighted by Crippen LogP contribution is 2.37. The summed E-state index contributed by atoms with van der Waals surface area (Å²) in [5, 5.41) is 3.64. The molecular formula is C13H21NO. The highest BCUT2D eigenvalue weighted by atomic mass is 16.3. The Morgan fingerprint density at radius 1 is 1.53 bits per heavy atom. The molecule has 1 aliphatic rings. The fourth-order valence-corrected chi connectivity index (χ4v) is 2.55. The van der Waals surface area contributed by atoms with Crippen molar-refractivity contribution in [2.24, 2.45) is 5.41 Å². The summed E-state index contributed by atoms with van der Waals surface area (Å²) in [7, 11) is 0. The molecule has 1 aromatic heterocycles. The second kappa shape index (κ2) is 4.01. The largest absolute Gasteiger partial charge is 0.468 e. The summed E-state index contributed by atoms with van der Waals surface area (Å²) in [6.07, 6.45) is 5.64. The minimum atomic E-state index is 0.332. The van der Waals surface area contributed by atoms with Gasteiger partial charge in [0.2, 0.25) is 0 Å². The quantitative estimate of drug-likeness (QED) is 0.820. The van der Waals surface area contributed by atoms with Gasteiger partial charge in [-0.05, 0) is 43.7 Å². The third-order valence-corrected chi connectivity index (χ3v) is 3.42. The van der Waals surface area contributed by atoms with Gasteiger partial charge in [0.15, 0.2) is 0 Å². The topological polar surface area (TPSA) is 25.2 Å². The minimum absolute atomic E-state index is 0.332. The van der Waals surface area contributed by atoms with Crippen molar-refractivity contribution >= 4 is 0 Å². The van der Waals surface area contributed by atoms with Crippen molar-refractivity contribution in [3.05, 3.63) is 24.2 Å². The maximum Gasteiger partial charge on any atom is 0.120 e. The second-order valence-electron chi connectivity index (χ2n) is 5.51. The van der Waals surface area contributed by atoms with Crippen LogP contribution in [0.3, 0.4) is 0 Å². The zero-order valence-corrected chi connectivity index (χ0v) is 9.92. The van der Waals surface area contributed by atoms with Gasteiger partial charge in [-0.25, -0.2) is 0 Å². The Hall–Kier alpha value is -0.760. The van der Waals surface area contributed by atoms with Crippen LogP contribution in [0.25, 0.3) is 0 Å². The Bertz CT molecular complexity index is 302. The lowest BCUT2D eigenvalue weighted by atomic mass is 9.92. The van der Waals surface area contributed by atoms with Crippen LogP contribution in [0.4, 0.5) is 0 Å². The molecule has 1 fully saturated rings. The average molecular weight is 207 g/mol. The Kier molecular flexibility index (Phi) is 2.87. The summed E-state index contributed by atoms with van der Waals surface area (Å²) in [6.45, 7) is 6.88. The lowest BCUT2D eigenvalue weighted by Gasteiger charge is -2.20. The molecule has 15 heavy (non-hydrogen) atoms. The molecule has 1 aromatic rings. The van der Waals surface area contributed by atoms with Gasteiger partial charge in [0.05, 0.1) is 12.3 Å². The van der Waals surface area contributed by atoms with E-state index >= 15 is 0 Å². The molecule has 2 rings (SSSR count). The summed E-state index contributed by atoms with van der Waals surface area (Å²) in [6, 6.07) is 4.98. The van der Waals surface area contributed by atoms with E-state index < -0.39 is 0 Å². The number of rotatable bonds is 3. The van der Waals surface area contributed by atoms with E-state index in [0.29, 0.717) is 17.5 Å². The summed E-state index contributed by atoms with van der Waals surface area (Å²) < 4.78 is 5.40. The minimum Gasteiger partial charge on any atom is -0.468 e. The third-order valence-electron chi connectivity index (χ3n) is 3.42. The molecule has 1 heterocycles. The Morgan fingerprint density at radius 2 is 2.33 bits per heavy atom. The molecule has 0 bridgehead atoms. The predicted molar refractivity (Wildman–Crippen MR) is 61.7 cm³/mol. The third kappa shape index (κ3) is 2.63. The van der Waals surface area contributed by atoms with Crippen molar-refractivity contribution in [1.29, 1.82) is 0 Å². The summed E-state index contributed by atoms with van der Waals surface area (Å²) >= 11 is 0. The smallest absolute Gasteiger partial charge is 0.120 e. The van der Waals surface area contributed by atoms with Crippen molar-refractivity contribution in [3.63, 3.8) is 0 Å². The van der Waals surface area contributed by atoms with Crippen LogP contribution in [0.5, 0.6) is 0 Å². The molecule has 1 N–H and O–H groups in total. The maximum atomic E-state index is 5.40. The molecular weight excluding hydrogens is 186 g/mol. The van der Waals surface area contributed by atoms with Gasteiger partial charge < -0.3 is 9.73 Å². The van der Waals surface area contributed by atoms with Gasteiger partial charge in [-0.3, -0.25) is 0 Å². The number of furan rings is 1. The zero-order chi connectivity index (χ0) is 10.9. The lowest BCUT2D eigenvalue weighted by Crippen LogP contribution is -2.29. The van der Waals surface area contributed by atoms with E-state index in [2.05, 4.69) is 26.1 Å². The van der Waals surface area contributed by atoms with Crippen molar-refractivity contribution in [1.82, 2.24) is 5.32 Å². The van der Waals surface area contributed by atoms with E-state index in [4.69, 9.17) is 4.42 Å². The zero-order valence-electron chi connectivity index (χ0n) is 9.92. The van der Waals surface area contributed by atoms with Crippen LogP contribution in [0.15, 0.2) is 22.8 Å². The van der Waals surface area contributed by atoms with E-state index in [9.17, 15) is 0 Å². The van der Waals surface area contributed by atoms with E-state index in [-0.39, 0.29) is 0 Å². The molecule has 0 amide bonds. The highest BCUT2D eigenvalue weighted by molar-refractivity contribution is 5.04. The van der Waals surface area contributed by atoms with Gasteiger partial charge in [0.1, 0.15) is 5.76 Å². The fourth-order valence-electron chi connectivity index (χ4n) is 2.55. The molecule has 84 valence electrons. The molecule has 2 heteroatoms. The standard InChI is InChI=1S/C13H21NO/c1-10(12-5-4-8-15-12)14-11-6-7-13(2,3)9-11/h4-5,8,10-11,14H,6-7,9H2,1-3H3. The Morgan fingerprint density at radius 3 is 2.87 bits per heavy atom. The van der Waals surface area contributed by atoms with Crippen molar-refractivity contribution in [2.75, 3.05) is 0 Å². The van der Waals surface area contributed by atoms with E-state index in [1.807, 2.05) is 12.1 Å². The SMILES string of the molecule is CC(NC1CCC(C)(C)C1)c1ccco1. The number of hydrogen-bond donors (Lipinski definition) is 1. The molecule has 0 aromatic carbocycles. The Balaban J connectivity index is 1.88. The molecule has 1 saturated carbocycles. The maximum absolute atomic E-state index is 5.40. The first-order valence-electron chi connectivity index (χ1n) is 5.86. The highest BCUT2D eigenvalue weighted by Gasteiger charge is 2.31. The molecule has 0 spiro atoms.